The zero-order valence-corrected chi connectivity index (χ0v) is 15.5. The second-order valence-electron chi connectivity index (χ2n) is 6.88. The number of carbonyl (C=O) groups excluding carboxylic acids is 1. The van der Waals surface area contributed by atoms with Crippen LogP contribution in [-0.4, -0.2) is 68.7 Å². The smallest absolute Gasteiger partial charge is 0.237 e. The lowest BCUT2D eigenvalue weighted by molar-refractivity contribution is -0.134. The lowest BCUT2D eigenvalue weighted by Crippen LogP contribution is -2.53. The highest BCUT2D eigenvalue weighted by atomic mass is 16.5. The predicted molar refractivity (Wildman–Crippen MR) is 97.1 cm³/mol. The molecule has 0 bridgehead atoms. The number of hydrogen-bond donors (Lipinski definition) is 1. The summed E-state index contributed by atoms with van der Waals surface area (Å²) < 4.78 is 10.7. The zero-order chi connectivity index (χ0) is 17.8. The van der Waals surface area contributed by atoms with E-state index in [1.165, 1.54) is 0 Å². The van der Waals surface area contributed by atoms with Gasteiger partial charge in [0.1, 0.15) is 0 Å². The average Bonchev–Trinajstić information content (AvgIpc) is 3.13. The topological polar surface area (TPSA) is 54.0 Å². The van der Waals surface area contributed by atoms with Gasteiger partial charge in [-0.05, 0) is 37.5 Å². The molecule has 2 aliphatic rings. The number of ether oxygens (including phenoxy) is 2. The van der Waals surface area contributed by atoms with Crippen molar-refractivity contribution in [2.45, 2.75) is 31.8 Å². The van der Waals surface area contributed by atoms with Crippen LogP contribution in [0.1, 0.15) is 31.4 Å². The summed E-state index contributed by atoms with van der Waals surface area (Å²) in [6, 6.07) is 6.51. The molecule has 1 aromatic carbocycles. The highest BCUT2D eigenvalue weighted by Crippen LogP contribution is 2.37. The molecule has 0 aliphatic carbocycles. The first-order valence-electron chi connectivity index (χ1n) is 9.10. The number of nitrogens with one attached hydrogen (secondary N) is 1. The van der Waals surface area contributed by atoms with Gasteiger partial charge in [-0.3, -0.25) is 9.69 Å². The van der Waals surface area contributed by atoms with Crippen molar-refractivity contribution in [2.75, 3.05) is 46.9 Å². The maximum atomic E-state index is 12.9. The van der Waals surface area contributed by atoms with E-state index in [-0.39, 0.29) is 11.9 Å². The van der Waals surface area contributed by atoms with Crippen LogP contribution in [0.2, 0.25) is 0 Å². The zero-order valence-electron chi connectivity index (χ0n) is 15.5. The van der Waals surface area contributed by atoms with Gasteiger partial charge >= 0.3 is 0 Å². The first-order valence-corrected chi connectivity index (χ1v) is 9.10. The van der Waals surface area contributed by atoms with Gasteiger partial charge in [0.15, 0.2) is 11.5 Å². The number of methoxy groups -OCH3 is 2. The van der Waals surface area contributed by atoms with Crippen LogP contribution in [0.4, 0.5) is 0 Å². The van der Waals surface area contributed by atoms with Gasteiger partial charge in [0, 0.05) is 32.2 Å². The molecule has 1 amide bonds. The Morgan fingerprint density at radius 1 is 1.24 bits per heavy atom. The number of hydrogen-bond acceptors (Lipinski definition) is 5. The Kier molecular flexibility index (Phi) is 5.81. The Labute approximate surface area is 150 Å². The van der Waals surface area contributed by atoms with E-state index in [1.54, 1.807) is 14.2 Å². The summed E-state index contributed by atoms with van der Waals surface area (Å²) >= 11 is 0. The molecule has 2 aliphatic heterocycles. The molecule has 3 rings (SSSR count). The minimum Gasteiger partial charge on any atom is -0.493 e. The van der Waals surface area contributed by atoms with Gasteiger partial charge in [0.05, 0.1) is 26.8 Å². The van der Waals surface area contributed by atoms with Gasteiger partial charge < -0.3 is 19.7 Å². The van der Waals surface area contributed by atoms with Crippen molar-refractivity contribution in [1.82, 2.24) is 15.1 Å². The Morgan fingerprint density at radius 3 is 2.76 bits per heavy atom. The molecule has 1 unspecified atom stereocenters. The van der Waals surface area contributed by atoms with E-state index in [4.69, 9.17) is 9.47 Å². The van der Waals surface area contributed by atoms with Crippen LogP contribution in [0.5, 0.6) is 11.5 Å². The van der Waals surface area contributed by atoms with Crippen LogP contribution < -0.4 is 14.8 Å². The third-order valence-corrected chi connectivity index (χ3v) is 5.34. The van der Waals surface area contributed by atoms with Crippen LogP contribution in [0, 0.1) is 0 Å². The number of piperazine rings is 1. The normalized spacial score (nSPS) is 24.4. The molecule has 0 spiro atoms. The second-order valence-corrected chi connectivity index (χ2v) is 6.88. The average molecular weight is 347 g/mol. The molecule has 1 N–H and O–H groups in total. The molecular formula is C19H29N3O3. The van der Waals surface area contributed by atoms with Crippen molar-refractivity contribution in [1.29, 1.82) is 0 Å². The molecule has 2 fully saturated rings. The molecule has 138 valence electrons. The number of carbonyl (C=O) groups is 1. The highest BCUT2D eigenvalue weighted by molar-refractivity contribution is 5.79. The molecule has 0 aromatic heterocycles. The summed E-state index contributed by atoms with van der Waals surface area (Å²) in [5, 5.41) is 3.37. The standard InChI is InChI=1S/C19H29N3O3/c1-14-12-20-8-10-21(14)13-19(23)22-9-4-5-16(22)15-6-7-17(24-2)18(11-15)25-3/h6-7,11,14,16,20H,4-5,8-10,12-13H2,1-3H3/t14-,16?/m1/s1. The van der Waals surface area contributed by atoms with Crippen molar-refractivity contribution in [3.05, 3.63) is 23.8 Å². The highest BCUT2D eigenvalue weighted by Gasteiger charge is 2.32. The van der Waals surface area contributed by atoms with Crippen molar-refractivity contribution in [3.8, 4) is 11.5 Å². The van der Waals surface area contributed by atoms with E-state index in [2.05, 4.69) is 17.1 Å². The number of likely N-dealkylation sites (tertiary alicyclic amines) is 1. The summed E-state index contributed by atoms with van der Waals surface area (Å²) in [6.45, 7) is 6.35. The van der Waals surface area contributed by atoms with E-state index < -0.39 is 0 Å². The number of rotatable bonds is 5. The Bertz CT molecular complexity index is 608. The Morgan fingerprint density at radius 2 is 2.04 bits per heavy atom. The van der Waals surface area contributed by atoms with Crippen LogP contribution in [0.25, 0.3) is 0 Å². The van der Waals surface area contributed by atoms with Crippen molar-refractivity contribution >= 4 is 5.91 Å². The third-order valence-electron chi connectivity index (χ3n) is 5.34. The predicted octanol–water partition coefficient (Wildman–Crippen LogP) is 1.66. The van der Waals surface area contributed by atoms with Crippen LogP contribution in [-0.2, 0) is 4.79 Å². The lowest BCUT2D eigenvalue weighted by Gasteiger charge is -2.35. The number of benzene rings is 1. The molecule has 6 nitrogen and oxygen atoms in total. The van der Waals surface area contributed by atoms with Crippen LogP contribution in [0.15, 0.2) is 18.2 Å². The molecule has 0 saturated carbocycles. The van der Waals surface area contributed by atoms with E-state index in [9.17, 15) is 4.79 Å². The van der Waals surface area contributed by atoms with Gasteiger partial charge in [-0.1, -0.05) is 6.07 Å². The summed E-state index contributed by atoms with van der Waals surface area (Å²) in [5.74, 6) is 1.66. The van der Waals surface area contributed by atoms with Gasteiger partial charge in [-0.25, -0.2) is 0 Å². The first kappa shape index (κ1) is 18.0. The fourth-order valence-corrected chi connectivity index (χ4v) is 3.85. The van der Waals surface area contributed by atoms with Crippen molar-refractivity contribution in [3.63, 3.8) is 0 Å². The molecule has 1 aromatic rings. The number of amides is 1. The molecular weight excluding hydrogens is 318 g/mol. The largest absolute Gasteiger partial charge is 0.493 e. The first-order chi connectivity index (χ1) is 12.1. The van der Waals surface area contributed by atoms with E-state index in [0.717, 1.165) is 56.1 Å². The van der Waals surface area contributed by atoms with Crippen LogP contribution >= 0.6 is 0 Å². The van der Waals surface area contributed by atoms with Gasteiger partial charge in [0.2, 0.25) is 5.91 Å². The Balaban J connectivity index is 1.72. The summed E-state index contributed by atoms with van der Waals surface area (Å²) in [4.78, 5) is 17.2. The van der Waals surface area contributed by atoms with Gasteiger partial charge in [0.25, 0.3) is 0 Å². The fourth-order valence-electron chi connectivity index (χ4n) is 3.85. The Hall–Kier alpha value is -1.79. The summed E-state index contributed by atoms with van der Waals surface area (Å²) in [7, 11) is 3.28. The SMILES string of the molecule is COc1ccc(C2CCCN2C(=O)CN2CCNC[C@H]2C)cc1OC. The van der Waals surface area contributed by atoms with Crippen molar-refractivity contribution < 1.29 is 14.3 Å². The quantitative estimate of drug-likeness (QED) is 0.878. The van der Waals surface area contributed by atoms with E-state index >= 15 is 0 Å². The maximum Gasteiger partial charge on any atom is 0.237 e. The summed E-state index contributed by atoms with van der Waals surface area (Å²) in [6.07, 6.45) is 2.04. The molecule has 6 heteroatoms. The minimum atomic E-state index is 0.130. The number of nitrogens with zero attached hydrogens (tertiary/aromatic N) is 2. The molecule has 2 atom stereocenters. The maximum absolute atomic E-state index is 12.9. The lowest BCUT2D eigenvalue weighted by atomic mass is 10.0. The molecule has 25 heavy (non-hydrogen) atoms. The van der Waals surface area contributed by atoms with Crippen molar-refractivity contribution in [2.24, 2.45) is 0 Å². The van der Waals surface area contributed by atoms with Crippen LogP contribution in [0.3, 0.4) is 0 Å². The third kappa shape index (κ3) is 3.90. The van der Waals surface area contributed by atoms with E-state index in [0.29, 0.717) is 12.6 Å². The second kappa shape index (κ2) is 8.06. The fraction of sp³-hybridized carbons (Fsp3) is 0.632. The molecule has 0 radical (unpaired) electrons. The van der Waals surface area contributed by atoms with Gasteiger partial charge in [-0.15, -0.1) is 0 Å². The van der Waals surface area contributed by atoms with E-state index in [1.807, 2.05) is 23.1 Å². The molecule has 2 heterocycles. The summed E-state index contributed by atoms with van der Waals surface area (Å²) in [5.41, 5.74) is 1.12. The minimum absolute atomic E-state index is 0.130. The molecule has 2 saturated heterocycles. The monoisotopic (exact) mass is 347 g/mol. The van der Waals surface area contributed by atoms with Gasteiger partial charge in [-0.2, -0.15) is 0 Å².